The fraction of sp³-hybridized carbons (Fsp3) is 0.0909. The van der Waals surface area contributed by atoms with Crippen LogP contribution >= 0.6 is 0 Å². The molecule has 8 heteroatoms. The molecule has 0 saturated carbocycles. The van der Waals surface area contributed by atoms with Gasteiger partial charge in [-0.05, 0) is 104 Å². The summed E-state index contributed by atoms with van der Waals surface area (Å²) in [6, 6.07) is 39.3. The van der Waals surface area contributed by atoms with Gasteiger partial charge in [-0.2, -0.15) is 4.39 Å². The summed E-state index contributed by atoms with van der Waals surface area (Å²) >= 11 is 0. The van der Waals surface area contributed by atoms with E-state index in [1.54, 1.807) is 24.4 Å². The van der Waals surface area contributed by atoms with Gasteiger partial charge in [-0.1, -0.05) is 60.2 Å². The van der Waals surface area contributed by atoms with E-state index >= 15 is 13.2 Å². The van der Waals surface area contributed by atoms with Crippen LogP contribution in [0.2, 0.25) is 0 Å². The van der Waals surface area contributed by atoms with Gasteiger partial charge in [-0.3, -0.25) is 4.98 Å². The topological polar surface area (TPSA) is 41.5 Å². The maximum atomic E-state index is 15.7. The van der Waals surface area contributed by atoms with Crippen molar-refractivity contribution in [3.8, 4) is 33.9 Å². The van der Waals surface area contributed by atoms with Gasteiger partial charge in [0.25, 0.3) is 0 Å². The first-order valence-electron chi connectivity index (χ1n) is 16.8. The number of para-hydroxylation sites is 2. The van der Waals surface area contributed by atoms with Gasteiger partial charge in [-0.15, -0.1) is 0 Å². The summed E-state index contributed by atoms with van der Waals surface area (Å²) in [5.74, 6) is -4.09. The molecule has 0 aliphatic heterocycles. The predicted octanol–water partition coefficient (Wildman–Crippen LogP) is 12.2. The number of anilines is 5. The molecule has 258 valence electrons. The average Bonchev–Trinajstić information content (AvgIpc) is 3.16. The molecule has 0 unspecified atom stereocenters. The second-order valence-electron chi connectivity index (χ2n) is 12.6. The van der Waals surface area contributed by atoms with Gasteiger partial charge in [-0.25, -0.2) is 13.8 Å². The number of halogens is 3. The smallest absolute Gasteiger partial charge is 0.204 e. The molecule has 7 rings (SSSR count). The summed E-state index contributed by atoms with van der Waals surface area (Å²) < 4.78 is 52.9. The molecule has 7 aromatic rings. The van der Waals surface area contributed by atoms with Crippen molar-refractivity contribution in [2.24, 2.45) is 0 Å². The summed E-state index contributed by atoms with van der Waals surface area (Å²) in [7, 11) is 1.85. The minimum atomic E-state index is -1.65. The van der Waals surface area contributed by atoms with Crippen molar-refractivity contribution in [3.63, 3.8) is 0 Å². The van der Waals surface area contributed by atoms with Crippen LogP contribution in [0.5, 0.6) is 11.5 Å². The Balaban J connectivity index is 1.36. The number of rotatable bonds is 9. The zero-order valence-electron chi connectivity index (χ0n) is 29.1. The molecule has 0 spiro atoms. The molecular weight excluding hydrogens is 658 g/mol. The van der Waals surface area contributed by atoms with E-state index in [0.717, 1.165) is 45.3 Å². The molecule has 0 amide bonds. The summed E-state index contributed by atoms with van der Waals surface area (Å²) in [5, 5.41) is 0. The monoisotopic (exact) mass is 692 g/mol. The third-order valence-electron chi connectivity index (χ3n) is 8.89. The van der Waals surface area contributed by atoms with E-state index in [4.69, 9.17) is 4.74 Å². The Morgan fingerprint density at radius 2 is 1.19 bits per heavy atom. The summed E-state index contributed by atoms with van der Waals surface area (Å²) in [6.07, 6.45) is 3.23. The summed E-state index contributed by atoms with van der Waals surface area (Å²) in [4.78, 5) is 12.8. The number of hydrogen-bond donors (Lipinski definition) is 0. The lowest BCUT2D eigenvalue weighted by molar-refractivity contribution is 0.395. The second-order valence-corrected chi connectivity index (χ2v) is 12.6. The van der Waals surface area contributed by atoms with Crippen LogP contribution < -0.4 is 14.5 Å². The third kappa shape index (κ3) is 6.83. The first kappa shape index (κ1) is 34.1. The Bertz CT molecular complexity index is 2310. The van der Waals surface area contributed by atoms with Gasteiger partial charge in [0.2, 0.25) is 5.82 Å². The number of benzene rings is 5. The van der Waals surface area contributed by atoms with E-state index in [-0.39, 0.29) is 17.0 Å². The number of nitrogens with zero attached hydrogens (tertiary/aromatic N) is 4. The van der Waals surface area contributed by atoms with Crippen LogP contribution in [0.4, 0.5) is 41.7 Å². The molecule has 5 aromatic carbocycles. The highest BCUT2D eigenvalue weighted by Crippen LogP contribution is 2.42. The van der Waals surface area contributed by atoms with Crippen LogP contribution in [-0.4, -0.2) is 17.0 Å². The molecule has 0 radical (unpaired) electrons. The number of aromatic nitrogens is 2. The lowest BCUT2D eigenvalue weighted by Crippen LogP contribution is -2.14. The SMILES string of the molecule is Cc1cc(C)c(-c2ccnc(-c3cc(Oc4cc(N(C)c5ccccn5)cc(N(c5ccccc5)c5ccccc5)c4)c(F)c(F)c3F)c2)c(C)c1. The van der Waals surface area contributed by atoms with Gasteiger partial charge in [0, 0.05) is 54.2 Å². The van der Waals surface area contributed by atoms with E-state index in [1.807, 2.05) is 129 Å². The van der Waals surface area contributed by atoms with Gasteiger partial charge in [0.1, 0.15) is 11.6 Å². The van der Waals surface area contributed by atoms with Crippen LogP contribution in [0.1, 0.15) is 16.7 Å². The van der Waals surface area contributed by atoms with E-state index in [2.05, 4.69) is 22.1 Å². The van der Waals surface area contributed by atoms with Crippen molar-refractivity contribution in [3.05, 3.63) is 174 Å². The van der Waals surface area contributed by atoms with Crippen LogP contribution in [0.25, 0.3) is 22.4 Å². The minimum absolute atomic E-state index is 0.141. The van der Waals surface area contributed by atoms with Crippen LogP contribution in [0, 0.1) is 38.2 Å². The largest absolute Gasteiger partial charge is 0.454 e. The number of pyridine rings is 2. The quantitative estimate of drug-likeness (QED) is 0.141. The lowest BCUT2D eigenvalue weighted by Gasteiger charge is -2.28. The fourth-order valence-corrected chi connectivity index (χ4v) is 6.57. The van der Waals surface area contributed by atoms with Crippen molar-refractivity contribution in [2.75, 3.05) is 16.8 Å². The van der Waals surface area contributed by atoms with E-state index in [0.29, 0.717) is 17.2 Å². The van der Waals surface area contributed by atoms with Crippen LogP contribution in [-0.2, 0) is 0 Å². The number of aryl methyl sites for hydroxylation is 3. The molecule has 0 N–H and O–H groups in total. The lowest BCUT2D eigenvalue weighted by atomic mass is 9.93. The minimum Gasteiger partial charge on any atom is -0.454 e. The van der Waals surface area contributed by atoms with Crippen molar-refractivity contribution in [1.29, 1.82) is 0 Å². The van der Waals surface area contributed by atoms with Gasteiger partial charge < -0.3 is 14.5 Å². The summed E-state index contributed by atoms with van der Waals surface area (Å²) in [5.41, 5.74) is 7.92. The Kier molecular flexibility index (Phi) is 9.46. The highest BCUT2D eigenvalue weighted by molar-refractivity contribution is 5.81. The van der Waals surface area contributed by atoms with Crippen molar-refractivity contribution >= 4 is 28.6 Å². The molecule has 2 heterocycles. The van der Waals surface area contributed by atoms with E-state index in [9.17, 15) is 0 Å². The average molecular weight is 693 g/mol. The Labute approximate surface area is 301 Å². The van der Waals surface area contributed by atoms with E-state index < -0.39 is 23.2 Å². The molecule has 0 bridgehead atoms. The maximum absolute atomic E-state index is 15.7. The standard InChI is InChI=1S/C44H35F3N4O/c1-28-21-29(2)41(30(3)22-28)31-18-20-48-38(23-31)37-27-39(43(46)44(47)42(37)45)52-36-25-34(50(4)40-17-11-12-19-49-40)24-35(26-36)51(32-13-7-5-8-14-32)33-15-9-6-10-16-33/h5-27H,1-4H3. The number of ether oxygens (including phenoxy) is 1. The number of hydrogen-bond acceptors (Lipinski definition) is 5. The molecule has 2 aromatic heterocycles. The Morgan fingerprint density at radius 3 is 1.83 bits per heavy atom. The fourth-order valence-electron chi connectivity index (χ4n) is 6.57. The van der Waals surface area contributed by atoms with E-state index in [1.165, 1.54) is 6.20 Å². The predicted molar refractivity (Wildman–Crippen MR) is 203 cm³/mol. The van der Waals surface area contributed by atoms with Crippen molar-refractivity contribution in [1.82, 2.24) is 9.97 Å². The molecule has 0 atom stereocenters. The van der Waals surface area contributed by atoms with Gasteiger partial charge >= 0.3 is 0 Å². The molecule has 0 fully saturated rings. The molecule has 52 heavy (non-hydrogen) atoms. The highest BCUT2D eigenvalue weighted by atomic mass is 19.2. The Morgan fingerprint density at radius 1 is 0.558 bits per heavy atom. The Hall–Kier alpha value is -6.41. The first-order chi connectivity index (χ1) is 25.2. The van der Waals surface area contributed by atoms with Crippen molar-refractivity contribution < 1.29 is 17.9 Å². The maximum Gasteiger partial charge on any atom is 0.204 e. The molecule has 0 saturated heterocycles. The molecule has 5 nitrogen and oxygen atoms in total. The second kappa shape index (κ2) is 14.4. The zero-order valence-corrected chi connectivity index (χ0v) is 29.1. The zero-order chi connectivity index (χ0) is 36.4. The molecular formula is C44H35F3N4O. The molecule has 0 aliphatic rings. The van der Waals surface area contributed by atoms with Gasteiger partial charge in [0.05, 0.1) is 11.4 Å². The van der Waals surface area contributed by atoms with Crippen LogP contribution in [0.15, 0.2) is 140 Å². The van der Waals surface area contributed by atoms with Crippen molar-refractivity contribution in [2.45, 2.75) is 20.8 Å². The molecule has 0 aliphatic carbocycles. The van der Waals surface area contributed by atoms with Gasteiger partial charge in [0.15, 0.2) is 17.4 Å². The highest BCUT2D eigenvalue weighted by Gasteiger charge is 2.24. The third-order valence-corrected chi connectivity index (χ3v) is 8.89. The normalized spacial score (nSPS) is 11.0. The van der Waals surface area contributed by atoms with Crippen LogP contribution in [0.3, 0.4) is 0 Å². The first-order valence-corrected chi connectivity index (χ1v) is 16.8. The summed E-state index contributed by atoms with van der Waals surface area (Å²) in [6.45, 7) is 6.03.